The van der Waals surface area contributed by atoms with E-state index in [4.69, 9.17) is 5.26 Å². The standard InChI is InChI=1S/C13H12BrN5/c1-9-17-12(16-6-5-15)8-13(18-9)19-11-4-2-3-10(14)7-11/h2-4,7-8H,6H2,1H3,(H2,16,17,18,19). The Labute approximate surface area is 119 Å². The van der Waals surface area contributed by atoms with Gasteiger partial charge in [0, 0.05) is 16.2 Å². The monoisotopic (exact) mass is 317 g/mol. The van der Waals surface area contributed by atoms with Crippen LogP contribution in [0.1, 0.15) is 5.82 Å². The summed E-state index contributed by atoms with van der Waals surface area (Å²) in [7, 11) is 0. The molecule has 5 nitrogen and oxygen atoms in total. The van der Waals surface area contributed by atoms with Crippen LogP contribution in [0.2, 0.25) is 0 Å². The van der Waals surface area contributed by atoms with Crippen molar-refractivity contribution in [3.05, 3.63) is 40.6 Å². The lowest BCUT2D eigenvalue weighted by Gasteiger charge is -2.09. The van der Waals surface area contributed by atoms with Gasteiger partial charge in [0.25, 0.3) is 0 Å². The molecule has 2 rings (SSSR count). The Morgan fingerprint density at radius 1 is 1.26 bits per heavy atom. The van der Waals surface area contributed by atoms with Crippen LogP contribution in [0, 0.1) is 18.3 Å². The van der Waals surface area contributed by atoms with Crippen LogP contribution in [0.25, 0.3) is 0 Å². The fourth-order valence-corrected chi connectivity index (χ4v) is 1.97. The van der Waals surface area contributed by atoms with Crippen LogP contribution in [0.15, 0.2) is 34.8 Å². The summed E-state index contributed by atoms with van der Waals surface area (Å²) in [5, 5.41) is 14.7. The average Bonchev–Trinajstić information content (AvgIpc) is 2.35. The van der Waals surface area contributed by atoms with Crippen LogP contribution in [0.3, 0.4) is 0 Å². The quantitative estimate of drug-likeness (QED) is 0.847. The van der Waals surface area contributed by atoms with Gasteiger partial charge in [-0.25, -0.2) is 9.97 Å². The van der Waals surface area contributed by atoms with Gasteiger partial charge in [0.15, 0.2) is 0 Å². The van der Waals surface area contributed by atoms with Gasteiger partial charge in [-0.15, -0.1) is 0 Å². The van der Waals surface area contributed by atoms with Crippen LogP contribution in [0.5, 0.6) is 0 Å². The Bertz CT molecular complexity index is 621. The highest BCUT2D eigenvalue weighted by molar-refractivity contribution is 9.10. The zero-order chi connectivity index (χ0) is 13.7. The van der Waals surface area contributed by atoms with Gasteiger partial charge in [-0.2, -0.15) is 5.26 Å². The molecule has 1 aromatic carbocycles. The van der Waals surface area contributed by atoms with Crippen molar-refractivity contribution in [2.45, 2.75) is 6.92 Å². The molecule has 0 bridgehead atoms. The predicted molar refractivity (Wildman–Crippen MR) is 78.3 cm³/mol. The van der Waals surface area contributed by atoms with Gasteiger partial charge in [0.2, 0.25) is 0 Å². The average molecular weight is 318 g/mol. The molecule has 0 saturated heterocycles. The normalized spacial score (nSPS) is 9.74. The number of nitriles is 1. The highest BCUT2D eigenvalue weighted by Gasteiger charge is 2.02. The Balaban J connectivity index is 2.20. The predicted octanol–water partition coefficient (Wildman–Crippen LogP) is 3.23. The van der Waals surface area contributed by atoms with Crippen molar-refractivity contribution in [1.82, 2.24) is 9.97 Å². The molecule has 0 unspecified atom stereocenters. The number of aryl methyl sites for hydroxylation is 1. The first-order valence-corrected chi connectivity index (χ1v) is 6.46. The first-order chi connectivity index (χ1) is 9.17. The van der Waals surface area contributed by atoms with Gasteiger partial charge in [0.1, 0.15) is 24.0 Å². The molecule has 6 heteroatoms. The zero-order valence-corrected chi connectivity index (χ0v) is 11.9. The van der Waals surface area contributed by atoms with E-state index in [1.165, 1.54) is 0 Å². The molecule has 2 aromatic rings. The third kappa shape index (κ3) is 3.93. The van der Waals surface area contributed by atoms with Crippen LogP contribution in [0.4, 0.5) is 17.3 Å². The molecule has 0 fully saturated rings. The van der Waals surface area contributed by atoms with Crippen molar-refractivity contribution in [3.63, 3.8) is 0 Å². The molecule has 19 heavy (non-hydrogen) atoms. The molecule has 0 aliphatic carbocycles. The van der Waals surface area contributed by atoms with E-state index in [0.717, 1.165) is 10.2 Å². The summed E-state index contributed by atoms with van der Waals surface area (Å²) in [5.74, 6) is 1.96. The lowest BCUT2D eigenvalue weighted by Crippen LogP contribution is -2.04. The molecule has 0 radical (unpaired) electrons. The molecular weight excluding hydrogens is 306 g/mol. The number of benzene rings is 1. The van der Waals surface area contributed by atoms with Crippen LogP contribution >= 0.6 is 15.9 Å². The van der Waals surface area contributed by atoms with Gasteiger partial charge in [-0.3, -0.25) is 0 Å². The number of halogens is 1. The Kier molecular flexibility index (Phi) is 4.31. The Hall–Kier alpha value is -2.13. The van der Waals surface area contributed by atoms with Crippen LogP contribution < -0.4 is 10.6 Å². The van der Waals surface area contributed by atoms with Gasteiger partial charge in [-0.1, -0.05) is 22.0 Å². The maximum absolute atomic E-state index is 8.56. The SMILES string of the molecule is Cc1nc(NCC#N)cc(Nc2cccc(Br)c2)n1. The maximum atomic E-state index is 8.56. The zero-order valence-electron chi connectivity index (χ0n) is 10.3. The summed E-state index contributed by atoms with van der Waals surface area (Å²) in [6, 6.07) is 11.6. The summed E-state index contributed by atoms with van der Waals surface area (Å²) in [5.41, 5.74) is 0.929. The Morgan fingerprint density at radius 2 is 2.05 bits per heavy atom. The summed E-state index contributed by atoms with van der Waals surface area (Å²) >= 11 is 3.42. The molecule has 0 aliphatic rings. The number of rotatable bonds is 4. The van der Waals surface area contributed by atoms with Crippen molar-refractivity contribution in [2.24, 2.45) is 0 Å². The van der Waals surface area contributed by atoms with E-state index < -0.39 is 0 Å². The number of hydrogen-bond acceptors (Lipinski definition) is 5. The summed E-state index contributed by atoms with van der Waals surface area (Å²) in [6.07, 6.45) is 0. The van der Waals surface area contributed by atoms with E-state index >= 15 is 0 Å². The van der Waals surface area contributed by atoms with Crippen molar-refractivity contribution in [1.29, 1.82) is 5.26 Å². The summed E-state index contributed by atoms with van der Waals surface area (Å²) < 4.78 is 0.992. The smallest absolute Gasteiger partial charge is 0.136 e. The number of nitrogens with one attached hydrogen (secondary N) is 2. The molecule has 0 aliphatic heterocycles. The van der Waals surface area contributed by atoms with E-state index in [1.54, 1.807) is 6.07 Å². The van der Waals surface area contributed by atoms with Gasteiger partial charge >= 0.3 is 0 Å². The number of hydrogen-bond donors (Lipinski definition) is 2. The second-order valence-electron chi connectivity index (χ2n) is 3.83. The molecular formula is C13H12BrN5. The largest absolute Gasteiger partial charge is 0.357 e. The molecule has 96 valence electrons. The second kappa shape index (κ2) is 6.16. The third-order valence-corrected chi connectivity index (χ3v) is 2.78. The van der Waals surface area contributed by atoms with E-state index in [-0.39, 0.29) is 6.54 Å². The summed E-state index contributed by atoms with van der Waals surface area (Å²) in [6.45, 7) is 2.02. The van der Waals surface area contributed by atoms with Crippen molar-refractivity contribution in [3.8, 4) is 6.07 Å². The molecule has 2 N–H and O–H groups in total. The van der Waals surface area contributed by atoms with Crippen molar-refractivity contribution < 1.29 is 0 Å². The van der Waals surface area contributed by atoms with E-state index in [1.807, 2.05) is 37.3 Å². The minimum atomic E-state index is 0.215. The van der Waals surface area contributed by atoms with E-state index in [9.17, 15) is 0 Å². The van der Waals surface area contributed by atoms with Gasteiger partial charge < -0.3 is 10.6 Å². The molecule has 0 amide bonds. The third-order valence-electron chi connectivity index (χ3n) is 2.28. The highest BCUT2D eigenvalue weighted by Crippen LogP contribution is 2.20. The van der Waals surface area contributed by atoms with Gasteiger partial charge in [0.05, 0.1) is 6.07 Å². The van der Waals surface area contributed by atoms with Gasteiger partial charge in [-0.05, 0) is 25.1 Å². The molecule has 1 aromatic heterocycles. The van der Waals surface area contributed by atoms with Crippen molar-refractivity contribution in [2.75, 3.05) is 17.2 Å². The molecule has 0 spiro atoms. The van der Waals surface area contributed by atoms with Crippen molar-refractivity contribution >= 4 is 33.3 Å². The van der Waals surface area contributed by atoms with E-state index in [2.05, 4.69) is 36.5 Å². The molecule has 0 atom stereocenters. The summed E-state index contributed by atoms with van der Waals surface area (Å²) in [4.78, 5) is 8.51. The fraction of sp³-hybridized carbons (Fsp3) is 0.154. The molecule has 0 saturated carbocycles. The Morgan fingerprint density at radius 3 is 2.79 bits per heavy atom. The maximum Gasteiger partial charge on any atom is 0.136 e. The fourth-order valence-electron chi connectivity index (χ4n) is 1.57. The lowest BCUT2D eigenvalue weighted by molar-refractivity contribution is 1.05. The lowest BCUT2D eigenvalue weighted by atomic mass is 10.3. The number of nitrogens with zero attached hydrogens (tertiary/aromatic N) is 3. The first kappa shape index (κ1) is 13.3. The second-order valence-corrected chi connectivity index (χ2v) is 4.75. The van der Waals surface area contributed by atoms with Crippen LogP contribution in [-0.2, 0) is 0 Å². The molecule has 1 heterocycles. The van der Waals surface area contributed by atoms with Crippen LogP contribution in [-0.4, -0.2) is 16.5 Å². The number of aromatic nitrogens is 2. The van der Waals surface area contributed by atoms with E-state index in [0.29, 0.717) is 17.5 Å². The first-order valence-electron chi connectivity index (χ1n) is 5.66. The topological polar surface area (TPSA) is 73.6 Å². The minimum Gasteiger partial charge on any atom is -0.357 e. The highest BCUT2D eigenvalue weighted by atomic mass is 79.9. The number of anilines is 3. The minimum absolute atomic E-state index is 0.215.